The Kier molecular flexibility index (Phi) is 3.93. The van der Waals surface area contributed by atoms with Crippen LogP contribution < -0.4 is 0 Å². The van der Waals surface area contributed by atoms with Gasteiger partial charge in [-0.3, -0.25) is 10.1 Å². The molecule has 0 aliphatic carbocycles. The molecule has 0 saturated carbocycles. The molecule has 0 aliphatic rings. The maximum Gasteiger partial charge on any atom is 0.310 e. The third-order valence-corrected chi connectivity index (χ3v) is 6.02. The molecule has 2 aromatic carbocycles. The first kappa shape index (κ1) is 19.1. The van der Waals surface area contributed by atoms with Gasteiger partial charge in [0, 0.05) is 12.1 Å². The minimum Gasteiger partial charge on any atom is -0.258 e. The molecule has 0 bridgehead atoms. The fraction of sp³-hybridized carbons (Fsp3) is 0.0769. The number of nitro benzene ring substituents is 1. The number of hydrogen-bond acceptors (Lipinski definition) is 4. The first-order valence-corrected chi connectivity index (χ1v) is 10.00. The third-order valence-electron chi connectivity index (χ3n) is 3.13. The highest BCUT2D eigenvalue weighted by Crippen LogP contribution is 3.02. The normalized spacial score (nSPS) is 15.2. The third kappa shape index (κ3) is 4.45. The van der Waals surface area contributed by atoms with E-state index >= 15 is 0 Å². The van der Waals surface area contributed by atoms with Gasteiger partial charge in [0.1, 0.15) is 4.90 Å². The van der Waals surface area contributed by atoms with Gasteiger partial charge in [-0.15, -0.1) is 0 Å². The minimum absolute atomic E-state index is 0.336. The average Bonchev–Trinajstić information content (AvgIpc) is 2.45. The van der Waals surface area contributed by atoms with Crippen molar-refractivity contribution in [1.82, 2.24) is 0 Å². The van der Waals surface area contributed by atoms with E-state index in [2.05, 4.69) is 0 Å². The number of non-ortho nitro benzene ring substituents is 1. The minimum atomic E-state index is -10.3. The molecular weight excluding hydrogens is 393 g/mol. The summed E-state index contributed by atoms with van der Waals surface area (Å²) < 4.78 is 90.4. The molecule has 0 aromatic heterocycles. The van der Waals surface area contributed by atoms with E-state index in [1.807, 2.05) is 0 Å². The molecule has 0 radical (unpaired) electrons. The van der Waals surface area contributed by atoms with Crippen LogP contribution in [0.15, 0.2) is 58.3 Å². The number of halogens is 5. The van der Waals surface area contributed by atoms with Gasteiger partial charge in [-0.25, -0.2) is 8.42 Å². The molecule has 2 aromatic rings. The van der Waals surface area contributed by atoms with Crippen LogP contribution in [0.5, 0.6) is 0 Å². The van der Waals surface area contributed by atoms with Crippen molar-refractivity contribution in [2.75, 3.05) is 0 Å². The van der Waals surface area contributed by atoms with Crippen molar-refractivity contribution in [2.45, 2.75) is 15.5 Å². The monoisotopic (exact) mass is 403 g/mol. The van der Waals surface area contributed by atoms with Crippen LogP contribution in [0.25, 0.3) is 0 Å². The van der Waals surface area contributed by atoms with Gasteiger partial charge in [-0.1, -0.05) is 37.6 Å². The number of rotatable bonds is 5. The Labute approximate surface area is 138 Å². The quantitative estimate of drug-likeness (QED) is 0.389. The lowest BCUT2D eigenvalue weighted by molar-refractivity contribution is -0.385. The van der Waals surface area contributed by atoms with Crippen LogP contribution in [0.2, 0.25) is 0 Å². The molecule has 0 amide bonds. The zero-order chi connectivity index (χ0) is 19.2. The Morgan fingerprint density at radius 1 is 0.960 bits per heavy atom. The Bertz CT molecular complexity index is 944. The van der Waals surface area contributed by atoms with Crippen LogP contribution in [-0.2, 0) is 15.6 Å². The van der Waals surface area contributed by atoms with Crippen LogP contribution in [0, 0.1) is 10.1 Å². The lowest BCUT2D eigenvalue weighted by atomic mass is 10.2. The highest BCUT2D eigenvalue weighted by Gasteiger charge is 2.67. The Morgan fingerprint density at radius 3 is 2.00 bits per heavy atom. The van der Waals surface area contributed by atoms with E-state index in [9.17, 15) is 38.0 Å². The summed E-state index contributed by atoms with van der Waals surface area (Å²) >= 11 is 0. The van der Waals surface area contributed by atoms with Crippen LogP contribution in [0.4, 0.5) is 25.1 Å². The predicted molar refractivity (Wildman–Crippen MR) is 81.8 cm³/mol. The van der Waals surface area contributed by atoms with Crippen LogP contribution in [0.3, 0.4) is 0 Å². The highest BCUT2D eigenvalue weighted by atomic mass is 32.5. The molecule has 25 heavy (non-hydrogen) atoms. The molecule has 2 rings (SSSR count). The Hall–Kier alpha value is -2.21. The van der Waals surface area contributed by atoms with E-state index in [0.717, 1.165) is 12.1 Å². The van der Waals surface area contributed by atoms with Gasteiger partial charge in [-0.2, -0.15) is 0 Å². The molecule has 5 nitrogen and oxygen atoms in total. The molecule has 0 fully saturated rings. The van der Waals surface area contributed by atoms with E-state index in [1.165, 1.54) is 18.2 Å². The maximum absolute atomic E-state index is 13.2. The molecule has 138 valence electrons. The largest absolute Gasteiger partial charge is 0.310 e. The molecule has 12 heteroatoms. The summed E-state index contributed by atoms with van der Waals surface area (Å²) in [5.41, 5.74) is -2.47. The summed E-state index contributed by atoms with van der Waals surface area (Å²) in [7, 11) is -14.7. The average molecular weight is 403 g/mol. The molecule has 0 saturated heterocycles. The summed E-state index contributed by atoms with van der Waals surface area (Å²) in [5.74, 6) is -1.38. The zero-order valence-corrected chi connectivity index (χ0v) is 13.7. The highest BCUT2D eigenvalue weighted by molar-refractivity contribution is 8.45. The second kappa shape index (κ2) is 5.14. The Balaban J connectivity index is 2.66. The second-order valence-corrected chi connectivity index (χ2v) is 9.46. The SMILES string of the molecule is O=[N+]([O-])c1ccc(CS(=O)(=O)c2ccccc2)c(S(F)(F)(F)(F)F)c1. The Morgan fingerprint density at radius 2 is 1.52 bits per heavy atom. The predicted octanol–water partition coefficient (Wildman–Crippen LogP) is 5.23. The molecule has 0 aliphatic heterocycles. The van der Waals surface area contributed by atoms with E-state index in [-0.39, 0.29) is 11.0 Å². The summed E-state index contributed by atoms with van der Waals surface area (Å²) in [6.45, 7) is 0. The van der Waals surface area contributed by atoms with E-state index in [1.54, 1.807) is 0 Å². The fourth-order valence-corrected chi connectivity index (χ4v) is 4.52. The summed E-state index contributed by atoms with van der Waals surface area (Å²) in [6, 6.07) is 6.87. The van der Waals surface area contributed by atoms with Crippen LogP contribution in [-0.4, -0.2) is 13.3 Å². The molecular formula is C13H10F5NO4S2. The van der Waals surface area contributed by atoms with E-state index in [4.69, 9.17) is 0 Å². The van der Waals surface area contributed by atoms with Gasteiger partial charge < -0.3 is 0 Å². The van der Waals surface area contributed by atoms with Crippen molar-refractivity contribution >= 4 is 25.7 Å². The van der Waals surface area contributed by atoms with Crippen LogP contribution >= 0.6 is 10.2 Å². The van der Waals surface area contributed by atoms with Gasteiger partial charge >= 0.3 is 10.2 Å². The van der Waals surface area contributed by atoms with Crippen molar-refractivity contribution in [3.63, 3.8) is 0 Å². The molecule has 0 atom stereocenters. The van der Waals surface area contributed by atoms with E-state index in [0.29, 0.717) is 12.1 Å². The van der Waals surface area contributed by atoms with Gasteiger partial charge in [0.25, 0.3) is 5.69 Å². The standard InChI is InChI=1S/C13H10F5NO4S2/c14-25(15,16,17,18)13-8-11(19(20)21)7-6-10(13)9-24(22,23)12-4-2-1-3-5-12/h1-8H,9H2. The van der Waals surface area contributed by atoms with E-state index < -0.39 is 46.9 Å². The molecule has 0 heterocycles. The number of benzene rings is 2. The number of nitrogens with zero attached hydrogens (tertiary/aromatic N) is 1. The lowest BCUT2D eigenvalue weighted by Gasteiger charge is -2.41. The van der Waals surface area contributed by atoms with Crippen molar-refractivity contribution in [1.29, 1.82) is 0 Å². The molecule has 0 unspecified atom stereocenters. The molecule has 0 N–H and O–H groups in total. The van der Waals surface area contributed by atoms with Gasteiger partial charge in [0.05, 0.1) is 15.6 Å². The lowest BCUT2D eigenvalue weighted by Crippen LogP contribution is -2.13. The first-order valence-electron chi connectivity index (χ1n) is 6.39. The van der Waals surface area contributed by atoms with Crippen molar-refractivity contribution in [3.8, 4) is 0 Å². The first-order chi connectivity index (χ1) is 11.1. The second-order valence-electron chi connectivity index (χ2n) is 5.09. The van der Waals surface area contributed by atoms with Crippen molar-refractivity contribution in [3.05, 3.63) is 64.2 Å². The smallest absolute Gasteiger partial charge is 0.258 e. The van der Waals surface area contributed by atoms with Gasteiger partial charge in [-0.05, 0) is 23.8 Å². The zero-order valence-electron chi connectivity index (χ0n) is 12.1. The number of hydrogen-bond donors (Lipinski definition) is 0. The fourth-order valence-electron chi connectivity index (χ4n) is 2.05. The van der Waals surface area contributed by atoms with Crippen molar-refractivity contribution in [2.24, 2.45) is 0 Å². The summed E-state index contributed by atoms with van der Waals surface area (Å²) in [5, 5.41) is 10.6. The topological polar surface area (TPSA) is 77.3 Å². The van der Waals surface area contributed by atoms with Crippen LogP contribution in [0.1, 0.15) is 5.56 Å². The number of sulfone groups is 1. The van der Waals surface area contributed by atoms with Crippen molar-refractivity contribution < 1.29 is 32.8 Å². The maximum atomic E-state index is 13.2. The van der Waals surface area contributed by atoms with Gasteiger partial charge in [0.15, 0.2) is 9.84 Å². The van der Waals surface area contributed by atoms with Gasteiger partial charge in [0.2, 0.25) is 0 Å². The summed E-state index contributed by atoms with van der Waals surface area (Å²) in [4.78, 5) is 6.38. The number of nitro groups is 1. The summed E-state index contributed by atoms with van der Waals surface area (Å²) in [6.07, 6.45) is 0. The molecule has 0 spiro atoms.